The molecular formula is C16H16N2O3. The lowest BCUT2D eigenvalue weighted by Crippen LogP contribution is -2.08. The van der Waals surface area contributed by atoms with Gasteiger partial charge in [-0.15, -0.1) is 10.2 Å². The summed E-state index contributed by atoms with van der Waals surface area (Å²) in [4.78, 5) is 10.8. The zero-order chi connectivity index (χ0) is 14.4. The first kappa shape index (κ1) is 12.6. The third kappa shape index (κ3) is 2.13. The molecule has 5 heteroatoms. The van der Waals surface area contributed by atoms with E-state index < -0.39 is 5.97 Å². The summed E-state index contributed by atoms with van der Waals surface area (Å²) in [6.45, 7) is 0. The Hall–Kier alpha value is -2.17. The second-order valence-corrected chi connectivity index (χ2v) is 6.11. The zero-order valence-corrected chi connectivity index (χ0v) is 11.5. The lowest BCUT2D eigenvalue weighted by Gasteiger charge is -2.17. The van der Waals surface area contributed by atoms with Gasteiger partial charge in [0.15, 0.2) is 0 Å². The minimum absolute atomic E-state index is 0.256. The predicted octanol–water partition coefficient (Wildman–Crippen LogP) is 3.34. The monoisotopic (exact) mass is 284 g/mol. The highest BCUT2D eigenvalue weighted by molar-refractivity contribution is 5.88. The first-order chi connectivity index (χ1) is 10.2. The van der Waals surface area contributed by atoms with Gasteiger partial charge in [-0.1, -0.05) is 6.42 Å². The van der Waals surface area contributed by atoms with Gasteiger partial charge in [0.1, 0.15) is 0 Å². The predicted molar refractivity (Wildman–Crippen MR) is 74.9 cm³/mol. The molecule has 3 unspecified atom stereocenters. The first-order valence-electron chi connectivity index (χ1n) is 7.38. The highest BCUT2D eigenvalue weighted by Crippen LogP contribution is 2.52. The Balaban J connectivity index is 1.58. The third-order valence-corrected chi connectivity index (χ3v) is 4.87. The van der Waals surface area contributed by atoms with Gasteiger partial charge < -0.3 is 9.52 Å². The van der Waals surface area contributed by atoms with Crippen LogP contribution in [0.4, 0.5) is 0 Å². The van der Waals surface area contributed by atoms with E-state index in [1.54, 1.807) is 24.3 Å². The first-order valence-corrected chi connectivity index (χ1v) is 7.38. The molecule has 0 spiro atoms. The number of hydrogen-bond donors (Lipinski definition) is 1. The van der Waals surface area contributed by atoms with Gasteiger partial charge in [0.05, 0.1) is 5.56 Å². The average Bonchev–Trinajstić information content (AvgIpc) is 3.23. The van der Waals surface area contributed by atoms with Crippen molar-refractivity contribution in [3.63, 3.8) is 0 Å². The molecule has 1 heterocycles. The molecule has 2 aliphatic carbocycles. The average molecular weight is 284 g/mol. The van der Waals surface area contributed by atoms with Crippen molar-refractivity contribution in [2.75, 3.05) is 0 Å². The quantitative estimate of drug-likeness (QED) is 0.935. The fourth-order valence-electron chi connectivity index (χ4n) is 3.80. The normalized spacial score (nSPS) is 27.1. The molecule has 2 fully saturated rings. The number of carboxylic acid groups (broad SMARTS) is 1. The number of aromatic nitrogens is 2. The SMILES string of the molecule is O=C(O)c1ccc(-c2nnc(C3CC4CCC3C4)o2)cc1. The standard InChI is InChI=1S/C16H16N2O3/c19-16(20)11-5-3-10(4-6-11)14-17-18-15(21-14)13-8-9-1-2-12(13)7-9/h3-6,9,12-13H,1-2,7-8H2,(H,19,20). The maximum atomic E-state index is 10.8. The molecule has 1 aromatic carbocycles. The van der Waals surface area contributed by atoms with Gasteiger partial charge in [0.2, 0.25) is 11.8 Å². The molecule has 1 N–H and O–H groups in total. The van der Waals surface area contributed by atoms with E-state index in [1.807, 2.05) is 0 Å². The number of aromatic carboxylic acids is 1. The lowest BCUT2D eigenvalue weighted by molar-refractivity contribution is 0.0697. The Kier molecular flexibility index (Phi) is 2.80. The number of fused-ring (bicyclic) bond motifs is 2. The number of carbonyl (C=O) groups is 1. The van der Waals surface area contributed by atoms with Gasteiger partial charge in [-0.25, -0.2) is 4.79 Å². The van der Waals surface area contributed by atoms with Crippen LogP contribution in [-0.2, 0) is 0 Å². The summed E-state index contributed by atoms with van der Waals surface area (Å²) >= 11 is 0. The molecule has 2 saturated carbocycles. The highest BCUT2D eigenvalue weighted by atomic mass is 16.4. The van der Waals surface area contributed by atoms with Crippen LogP contribution in [0.1, 0.15) is 47.8 Å². The van der Waals surface area contributed by atoms with E-state index in [1.165, 1.54) is 25.7 Å². The van der Waals surface area contributed by atoms with E-state index in [9.17, 15) is 4.79 Å². The van der Waals surface area contributed by atoms with Crippen LogP contribution in [0.3, 0.4) is 0 Å². The highest BCUT2D eigenvalue weighted by Gasteiger charge is 2.42. The number of nitrogens with zero attached hydrogens (tertiary/aromatic N) is 2. The largest absolute Gasteiger partial charge is 0.478 e. The van der Waals surface area contributed by atoms with Crippen molar-refractivity contribution in [1.29, 1.82) is 0 Å². The number of hydrogen-bond acceptors (Lipinski definition) is 4. The van der Waals surface area contributed by atoms with E-state index in [4.69, 9.17) is 9.52 Å². The number of carboxylic acids is 1. The van der Waals surface area contributed by atoms with Crippen LogP contribution in [0.25, 0.3) is 11.5 Å². The molecular weight excluding hydrogens is 268 g/mol. The van der Waals surface area contributed by atoms with Crippen LogP contribution in [0.2, 0.25) is 0 Å². The minimum atomic E-state index is -0.935. The zero-order valence-electron chi connectivity index (χ0n) is 11.5. The van der Waals surface area contributed by atoms with Crippen molar-refractivity contribution in [3.8, 4) is 11.5 Å². The summed E-state index contributed by atoms with van der Waals surface area (Å²) in [5, 5.41) is 17.2. The minimum Gasteiger partial charge on any atom is -0.478 e. The van der Waals surface area contributed by atoms with Gasteiger partial charge in [0.25, 0.3) is 0 Å². The maximum absolute atomic E-state index is 10.8. The Morgan fingerprint density at radius 3 is 2.57 bits per heavy atom. The third-order valence-electron chi connectivity index (χ3n) is 4.87. The molecule has 5 nitrogen and oxygen atoms in total. The van der Waals surface area contributed by atoms with Crippen molar-refractivity contribution in [3.05, 3.63) is 35.7 Å². The van der Waals surface area contributed by atoms with Crippen LogP contribution >= 0.6 is 0 Å². The van der Waals surface area contributed by atoms with Crippen molar-refractivity contribution in [2.24, 2.45) is 11.8 Å². The van der Waals surface area contributed by atoms with E-state index >= 15 is 0 Å². The Labute approximate surface area is 122 Å². The summed E-state index contributed by atoms with van der Waals surface area (Å²) < 4.78 is 5.84. The smallest absolute Gasteiger partial charge is 0.335 e. The fourth-order valence-corrected chi connectivity index (χ4v) is 3.80. The molecule has 0 aliphatic heterocycles. The van der Waals surface area contributed by atoms with Crippen LogP contribution in [0, 0.1) is 11.8 Å². The lowest BCUT2D eigenvalue weighted by atomic mass is 9.89. The Morgan fingerprint density at radius 2 is 1.95 bits per heavy atom. The van der Waals surface area contributed by atoms with E-state index in [0.717, 1.165) is 17.4 Å². The summed E-state index contributed by atoms with van der Waals surface area (Å²) in [6.07, 6.45) is 5.10. The van der Waals surface area contributed by atoms with Gasteiger partial charge in [0, 0.05) is 11.5 Å². The van der Waals surface area contributed by atoms with Gasteiger partial charge >= 0.3 is 5.97 Å². The summed E-state index contributed by atoms with van der Waals surface area (Å²) in [5.41, 5.74) is 1.02. The van der Waals surface area contributed by atoms with Crippen molar-refractivity contribution in [2.45, 2.75) is 31.6 Å². The molecule has 2 aromatic rings. The topological polar surface area (TPSA) is 76.2 Å². The molecule has 2 aliphatic rings. The van der Waals surface area contributed by atoms with E-state index in [2.05, 4.69) is 10.2 Å². The van der Waals surface area contributed by atoms with Crippen molar-refractivity contribution < 1.29 is 14.3 Å². The van der Waals surface area contributed by atoms with Gasteiger partial charge in [-0.3, -0.25) is 0 Å². The van der Waals surface area contributed by atoms with Crippen LogP contribution in [0.15, 0.2) is 28.7 Å². The molecule has 0 radical (unpaired) electrons. The Morgan fingerprint density at radius 1 is 1.14 bits per heavy atom. The molecule has 1 aromatic heterocycles. The van der Waals surface area contributed by atoms with Crippen LogP contribution < -0.4 is 0 Å². The molecule has 21 heavy (non-hydrogen) atoms. The fraction of sp³-hybridized carbons (Fsp3) is 0.438. The van der Waals surface area contributed by atoms with Crippen LogP contribution in [-0.4, -0.2) is 21.3 Å². The second kappa shape index (κ2) is 4.69. The molecule has 0 amide bonds. The number of rotatable bonds is 3. The van der Waals surface area contributed by atoms with Gasteiger partial charge in [-0.2, -0.15) is 0 Å². The van der Waals surface area contributed by atoms with Crippen molar-refractivity contribution in [1.82, 2.24) is 10.2 Å². The molecule has 108 valence electrons. The van der Waals surface area contributed by atoms with E-state index in [0.29, 0.717) is 17.7 Å². The van der Waals surface area contributed by atoms with Crippen molar-refractivity contribution >= 4 is 5.97 Å². The number of benzene rings is 1. The maximum Gasteiger partial charge on any atom is 0.335 e. The summed E-state index contributed by atoms with van der Waals surface area (Å²) in [5.74, 6) is 2.25. The van der Waals surface area contributed by atoms with Gasteiger partial charge in [-0.05, 0) is 55.4 Å². The molecule has 0 saturated heterocycles. The van der Waals surface area contributed by atoms with Crippen LogP contribution in [0.5, 0.6) is 0 Å². The molecule has 4 rings (SSSR count). The second-order valence-electron chi connectivity index (χ2n) is 6.11. The summed E-state index contributed by atoms with van der Waals surface area (Å²) in [6, 6.07) is 6.53. The summed E-state index contributed by atoms with van der Waals surface area (Å²) in [7, 11) is 0. The Bertz CT molecular complexity index is 677. The molecule has 2 bridgehead atoms. The molecule has 3 atom stereocenters. The van der Waals surface area contributed by atoms with E-state index in [-0.39, 0.29) is 5.56 Å².